The monoisotopic (exact) mass is 156 g/mol. The zero-order valence-corrected chi connectivity index (χ0v) is 8.09. The fourth-order valence-corrected chi connectivity index (χ4v) is 1.41. The van der Waals surface area contributed by atoms with Crippen LogP contribution in [-0.4, -0.2) is 30.1 Å². The van der Waals surface area contributed by atoms with E-state index in [4.69, 9.17) is 5.73 Å². The summed E-state index contributed by atoms with van der Waals surface area (Å²) >= 11 is 0. The van der Waals surface area contributed by atoms with Gasteiger partial charge < -0.3 is 5.73 Å². The molecule has 2 nitrogen and oxygen atoms in total. The first-order chi connectivity index (χ1) is 4.91. The summed E-state index contributed by atoms with van der Waals surface area (Å²) in [5.41, 5.74) is 6.10. The molecule has 0 spiro atoms. The molecule has 11 heavy (non-hydrogen) atoms. The Bertz CT molecular complexity index is 131. The van der Waals surface area contributed by atoms with Crippen molar-refractivity contribution in [2.45, 2.75) is 39.8 Å². The third-order valence-electron chi connectivity index (χ3n) is 2.74. The molecule has 2 N–H and O–H groups in total. The summed E-state index contributed by atoms with van der Waals surface area (Å²) < 4.78 is 0. The van der Waals surface area contributed by atoms with Crippen LogP contribution in [0.15, 0.2) is 0 Å². The van der Waals surface area contributed by atoms with Crippen LogP contribution in [-0.2, 0) is 0 Å². The lowest BCUT2D eigenvalue weighted by molar-refractivity contribution is 0.0424. The SMILES string of the molecule is CC(N1CC(N)C1)C(C)(C)C. The molecule has 0 amide bonds. The van der Waals surface area contributed by atoms with Gasteiger partial charge in [-0.1, -0.05) is 20.8 Å². The molecule has 2 heteroatoms. The van der Waals surface area contributed by atoms with Gasteiger partial charge in [-0.05, 0) is 12.3 Å². The molecule has 1 heterocycles. The Morgan fingerprint density at radius 1 is 1.36 bits per heavy atom. The average molecular weight is 156 g/mol. The normalized spacial score (nSPS) is 24.8. The van der Waals surface area contributed by atoms with Crippen molar-refractivity contribution in [1.82, 2.24) is 4.90 Å². The van der Waals surface area contributed by atoms with Crippen molar-refractivity contribution in [3.05, 3.63) is 0 Å². The predicted octanol–water partition coefficient (Wildman–Crippen LogP) is 1.06. The van der Waals surface area contributed by atoms with E-state index in [-0.39, 0.29) is 0 Å². The second-order valence-electron chi connectivity index (χ2n) is 4.76. The summed E-state index contributed by atoms with van der Waals surface area (Å²) in [6.07, 6.45) is 0. The molecule has 1 atom stereocenters. The highest BCUT2D eigenvalue weighted by molar-refractivity contribution is 4.90. The van der Waals surface area contributed by atoms with Crippen LogP contribution in [0.5, 0.6) is 0 Å². The number of rotatable bonds is 1. The summed E-state index contributed by atoms with van der Waals surface area (Å²) in [5.74, 6) is 0. The summed E-state index contributed by atoms with van der Waals surface area (Å²) in [6.45, 7) is 11.3. The standard InChI is InChI=1S/C9H20N2/c1-7(9(2,3)4)11-5-8(10)6-11/h7-8H,5-6,10H2,1-4H3. The van der Waals surface area contributed by atoms with Crippen molar-refractivity contribution < 1.29 is 0 Å². The zero-order chi connectivity index (χ0) is 8.65. The van der Waals surface area contributed by atoms with E-state index >= 15 is 0 Å². The smallest absolute Gasteiger partial charge is 0.0297 e. The van der Waals surface area contributed by atoms with Crippen LogP contribution in [0.2, 0.25) is 0 Å². The van der Waals surface area contributed by atoms with Crippen molar-refractivity contribution in [1.29, 1.82) is 0 Å². The first kappa shape index (κ1) is 9.01. The Balaban J connectivity index is 2.38. The van der Waals surface area contributed by atoms with E-state index in [0.29, 0.717) is 17.5 Å². The van der Waals surface area contributed by atoms with Gasteiger partial charge in [-0.15, -0.1) is 0 Å². The number of nitrogens with two attached hydrogens (primary N) is 1. The van der Waals surface area contributed by atoms with Gasteiger partial charge in [-0.25, -0.2) is 0 Å². The van der Waals surface area contributed by atoms with Crippen molar-refractivity contribution in [3.63, 3.8) is 0 Å². The maximum atomic E-state index is 5.71. The van der Waals surface area contributed by atoms with Crippen LogP contribution in [0.1, 0.15) is 27.7 Å². The topological polar surface area (TPSA) is 29.3 Å². The number of likely N-dealkylation sites (tertiary alicyclic amines) is 1. The van der Waals surface area contributed by atoms with Crippen LogP contribution in [0.3, 0.4) is 0 Å². The van der Waals surface area contributed by atoms with Gasteiger partial charge in [0.15, 0.2) is 0 Å². The fourth-order valence-electron chi connectivity index (χ4n) is 1.41. The summed E-state index contributed by atoms with van der Waals surface area (Å²) in [5, 5.41) is 0. The number of hydrogen-bond acceptors (Lipinski definition) is 2. The number of nitrogens with zero attached hydrogens (tertiary/aromatic N) is 1. The molecule has 1 aliphatic rings. The lowest BCUT2D eigenvalue weighted by Crippen LogP contribution is -2.61. The van der Waals surface area contributed by atoms with E-state index in [1.54, 1.807) is 0 Å². The Kier molecular flexibility index (Phi) is 2.26. The van der Waals surface area contributed by atoms with E-state index < -0.39 is 0 Å². The largest absolute Gasteiger partial charge is 0.325 e. The molecule has 1 saturated heterocycles. The van der Waals surface area contributed by atoms with E-state index in [2.05, 4.69) is 32.6 Å². The minimum atomic E-state index is 0.389. The molecule has 0 aromatic carbocycles. The second-order valence-corrected chi connectivity index (χ2v) is 4.76. The van der Waals surface area contributed by atoms with E-state index in [1.165, 1.54) is 0 Å². The molecular weight excluding hydrogens is 136 g/mol. The van der Waals surface area contributed by atoms with Gasteiger partial charge in [0.25, 0.3) is 0 Å². The van der Waals surface area contributed by atoms with Crippen molar-refractivity contribution in [2.75, 3.05) is 13.1 Å². The molecule has 0 saturated carbocycles. The Labute approximate surface area is 69.8 Å². The highest BCUT2D eigenvalue weighted by atomic mass is 15.2. The quantitative estimate of drug-likeness (QED) is 0.615. The molecule has 1 fully saturated rings. The third kappa shape index (κ3) is 1.94. The first-order valence-electron chi connectivity index (χ1n) is 4.41. The van der Waals surface area contributed by atoms with Gasteiger partial charge >= 0.3 is 0 Å². The second kappa shape index (κ2) is 2.76. The molecule has 66 valence electrons. The molecule has 0 radical (unpaired) electrons. The third-order valence-corrected chi connectivity index (χ3v) is 2.74. The van der Waals surface area contributed by atoms with E-state index in [0.717, 1.165) is 13.1 Å². The van der Waals surface area contributed by atoms with Gasteiger partial charge in [0.05, 0.1) is 0 Å². The van der Waals surface area contributed by atoms with Crippen molar-refractivity contribution >= 4 is 0 Å². The molecule has 0 bridgehead atoms. The molecule has 0 aromatic rings. The van der Waals surface area contributed by atoms with Crippen molar-refractivity contribution in [3.8, 4) is 0 Å². The van der Waals surface area contributed by atoms with E-state index in [1.807, 2.05) is 0 Å². The van der Waals surface area contributed by atoms with Gasteiger partial charge in [0, 0.05) is 25.2 Å². The van der Waals surface area contributed by atoms with Gasteiger partial charge in [0.2, 0.25) is 0 Å². The van der Waals surface area contributed by atoms with Crippen LogP contribution in [0.25, 0.3) is 0 Å². The van der Waals surface area contributed by atoms with Crippen LogP contribution >= 0.6 is 0 Å². The van der Waals surface area contributed by atoms with Crippen LogP contribution < -0.4 is 5.73 Å². The summed E-state index contributed by atoms with van der Waals surface area (Å²) in [6, 6.07) is 1.09. The molecule has 0 aromatic heterocycles. The molecule has 1 aliphatic heterocycles. The maximum Gasteiger partial charge on any atom is 0.0297 e. The summed E-state index contributed by atoms with van der Waals surface area (Å²) in [4.78, 5) is 2.45. The van der Waals surface area contributed by atoms with E-state index in [9.17, 15) is 0 Å². The number of hydrogen-bond donors (Lipinski definition) is 1. The zero-order valence-electron chi connectivity index (χ0n) is 8.09. The predicted molar refractivity (Wildman–Crippen MR) is 48.5 cm³/mol. The van der Waals surface area contributed by atoms with Crippen LogP contribution in [0.4, 0.5) is 0 Å². The van der Waals surface area contributed by atoms with Crippen LogP contribution in [0, 0.1) is 5.41 Å². The average Bonchev–Trinajstić information content (AvgIpc) is 1.77. The molecular formula is C9H20N2. The van der Waals surface area contributed by atoms with Crippen molar-refractivity contribution in [2.24, 2.45) is 11.1 Å². The van der Waals surface area contributed by atoms with Gasteiger partial charge in [0.1, 0.15) is 0 Å². The first-order valence-corrected chi connectivity index (χ1v) is 4.41. The Morgan fingerprint density at radius 2 is 1.82 bits per heavy atom. The maximum absolute atomic E-state index is 5.71. The highest BCUT2D eigenvalue weighted by Gasteiger charge is 2.33. The minimum Gasteiger partial charge on any atom is -0.325 e. The van der Waals surface area contributed by atoms with Gasteiger partial charge in [-0.2, -0.15) is 0 Å². The molecule has 1 rings (SSSR count). The lowest BCUT2D eigenvalue weighted by atomic mass is 9.85. The lowest BCUT2D eigenvalue weighted by Gasteiger charge is -2.46. The Hall–Kier alpha value is -0.0800. The Morgan fingerprint density at radius 3 is 2.09 bits per heavy atom. The minimum absolute atomic E-state index is 0.389. The highest BCUT2D eigenvalue weighted by Crippen LogP contribution is 2.26. The summed E-state index contributed by atoms with van der Waals surface area (Å²) in [7, 11) is 0. The molecule has 1 unspecified atom stereocenters. The molecule has 0 aliphatic carbocycles. The fraction of sp³-hybridized carbons (Fsp3) is 1.00. The van der Waals surface area contributed by atoms with Gasteiger partial charge in [-0.3, -0.25) is 4.90 Å².